The van der Waals surface area contributed by atoms with Crippen molar-refractivity contribution in [1.82, 2.24) is 5.32 Å². The third-order valence-electron chi connectivity index (χ3n) is 5.98. The van der Waals surface area contributed by atoms with E-state index in [1.54, 1.807) is 0 Å². The molecule has 2 aromatic carbocycles. The average molecular weight is 586 g/mol. The van der Waals surface area contributed by atoms with Gasteiger partial charge in [0, 0.05) is 12.5 Å². The number of halogens is 8. The molecule has 0 spiro atoms. The van der Waals surface area contributed by atoms with Crippen molar-refractivity contribution in [3.05, 3.63) is 57.6 Å². The fourth-order valence-corrected chi connectivity index (χ4v) is 4.55. The van der Waals surface area contributed by atoms with E-state index in [1.807, 2.05) is 0 Å². The van der Waals surface area contributed by atoms with Crippen LogP contribution in [0.1, 0.15) is 43.2 Å². The van der Waals surface area contributed by atoms with Crippen LogP contribution in [0.25, 0.3) is 0 Å². The fraction of sp³-hybridized carbons (Fsp3) is 0.440. The molecule has 0 bridgehead atoms. The Bertz CT molecular complexity index is 1060. The first kappa shape index (κ1) is 29.9. The van der Waals surface area contributed by atoms with Gasteiger partial charge in [0.15, 0.2) is 12.4 Å². The molecule has 208 valence electrons. The highest BCUT2D eigenvalue weighted by Gasteiger charge is 2.34. The van der Waals surface area contributed by atoms with E-state index in [-0.39, 0.29) is 42.3 Å². The van der Waals surface area contributed by atoms with Crippen molar-refractivity contribution >= 4 is 34.9 Å². The molecule has 0 aliphatic heterocycles. The number of ether oxygens (including phenoxy) is 2. The lowest BCUT2D eigenvalue weighted by Gasteiger charge is -2.28. The molecule has 1 fully saturated rings. The number of carbonyl (C=O) groups is 2. The summed E-state index contributed by atoms with van der Waals surface area (Å²) in [4.78, 5) is 24.5. The minimum absolute atomic E-state index is 0.0290. The van der Waals surface area contributed by atoms with Crippen LogP contribution in [0.4, 0.5) is 26.3 Å². The van der Waals surface area contributed by atoms with Crippen molar-refractivity contribution in [1.29, 1.82) is 0 Å². The summed E-state index contributed by atoms with van der Waals surface area (Å²) >= 11 is 11.1. The molecule has 1 saturated carbocycles. The Hall–Kier alpha value is -2.66. The molecular weight excluding hydrogens is 563 g/mol. The molecule has 38 heavy (non-hydrogen) atoms. The normalized spacial score (nSPS) is 18.1. The molecule has 0 atom stereocenters. The van der Waals surface area contributed by atoms with Crippen molar-refractivity contribution in [3.63, 3.8) is 0 Å². The minimum atomic E-state index is -4.66. The predicted octanol–water partition coefficient (Wildman–Crippen LogP) is 7.12. The van der Waals surface area contributed by atoms with Crippen molar-refractivity contribution in [3.8, 4) is 11.5 Å². The molecule has 1 N–H and O–H groups in total. The maximum atomic E-state index is 13.0. The second kappa shape index (κ2) is 12.5. The summed E-state index contributed by atoms with van der Waals surface area (Å²) in [5.41, 5.74) is -2.11. The first-order valence-electron chi connectivity index (χ1n) is 11.5. The fourth-order valence-electron chi connectivity index (χ4n) is 4.10. The van der Waals surface area contributed by atoms with Gasteiger partial charge < -0.3 is 14.8 Å². The molecular formula is C25H23Cl2F6NO4. The minimum Gasteiger partial charge on any atom is -0.486 e. The van der Waals surface area contributed by atoms with E-state index in [9.17, 15) is 35.9 Å². The van der Waals surface area contributed by atoms with Crippen molar-refractivity contribution in [2.45, 2.75) is 50.5 Å². The average Bonchev–Trinajstić information content (AvgIpc) is 2.83. The number of hydrogen-bond acceptors (Lipinski definition) is 4. The quantitative estimate of drug-likeness (QED) is 0.318. The predicted molar refractivity (Wildman–Crippen MR) is 127 cm³/mol. The number of hydrogen-bond donors (Lipinski definition) is 1. The van der Waals surface area contributed by atoms with E-state index >= 15 is 0 Å². The summed E-state index contributed by atoms with van der Waals surface area (Å²) in [5, 5.41) is 1.82. The van der Waals surface area contributed by atoms with Crippen LogP contribution in [-0.4, -0.2) is 30.9 Å². The largest absolute Gasteiger partial charge is 0.486 e. The summed E-state index contributed by atoms with van der Waals surface area (Å²) in [5.74, 6) is -0.994. The summed E-state index contributed by atoms with van der Waals surface area (Å²) < 4.78 is 88.1. The summed E-state index contributed by atoms with van der Waals surface area (Å²) in [6.45, 7) is -0.858. The summed E-state index contributed by atoms with van der Waals surface area (Å²) in [6, 6.07) is 5.88. The highest BCUT2D eigenvalue weighted by molar-refractivity contribution is 6.31. The van der Waals surface area contributed by atoms with Gasteiger partial charge >= 0.3 is 12.4 Å². The number of carbonyl (C=O) groups excluding carboxylic acids is 2. The zero-order chi connectivity index (χ0) is 28.1. The van der Waals surface area contributed by atoms with Crippen LogP contribution < -0.4 is 14.8 Å². The van der Waals surface area contributed by atoms with Crippen molar-refractivity contribution in [2.75, 3.05) is 13.2 Å². The molecule has 0 radical (unpaired) electrons. The van der Waals surface area contributed by atoms with Gasteiger partial charge in [0.25, 0.3) is 5.91 Å². The van der Waals surface area contributed by atoms with Gasteiger partial charge in [-0.05, 0) is 68.0 Å². The van der Waals surface area contributed by atoms with Crippen LogP contribution in [0.2, 0.25) is 10.0 Å². The lowest BCUT2D eigenvalue weighted by molar-refractivity contribution is -0.138. The van der Waals surface area contributed by atoms with Crippen LogP contribution in [0.3, 0.4) is 0 Å². The number of ketones is 1. The topological polar surface area (TPSA) is 64.6 Å². The summed E-state index contributed by atoms with van der Waals surface area (Å²) in [7, 11) is 0. The van der Waals surface area contributed by atoms with E-state index < -0.39 is 46.0 Å². The molecule has 1 amide bonds. The Kier molecular flexibility index (Phi) is 9.80. The van der Waals surface area contributed by atoms with Crippen LogP contribution in [0.5, 0.6) is 11.5 Å². The Morgan fingerprint density at radius 2 is 1.26 bits per heavy atom. The molecule has 0 heterocycles. The number of Topliss-reactive ketones (excluding diaryl/α,β-unsaturated/α-hetero) is 1. The van der Waals surface area contributed by atoms with Gasteiger partial charge in [-0.15, -0.1) is 0 Å². The maximum Gasteiger partial charge on any atom is 0.417 e. The lowest BCUT2D eigenvalue weighted by Crippen LogP contribution is -2.40. The van der Waals surface area contributed by atoms with Crippen LogP contribution in [-0.2, 0) is 21.9 Å². The lowest BCUT2D eigenvalue weighted by atomic mass is 9.83. The summed E-state index contributed by atoms with van der Waals surface area (Å²) in [6.07, 6.45) is -6.70. The molecule has 1 aliphatic carbocycles. The van der Waals surface area contributed by atoms with Gasteiger partial charge in [-0.1, -0.05) is 23.2 Å². The Morgan fingerprint density at radius 3 is 1.74 bits per heavy atom. The molecule has 0 saturated heterocycles. The van der Waals surface area contributed by atoms with Crippen molar-refractivity contribution in [2.24, 2.45) is 5.92 Å². The van der Waals surface area contributed by atoms with Gasteiger partial charge in [-0.3, -0.25) is 9.59 Å². The van der Waals surface area contributed by atoms with Gasteiger partial charge in [0.2, 0.25) is 0 Å². The zero-order valence-corrected chi connectivity index (χ0v) is 21.2. The van der Waals surface area contributed by atoms with E-state index in [1.165, 1.54) is 12.1 Å². The standard InChI is InChI=1S/C25H23Cl2F6NO4/c26-21-7-5-17(10-19(21)24(28,29)30)37-12-16(35)9-14-1-3-15(4-2-14)34-23(36)13-38-18-6-8-22(27)20(11-18)25(31,32)33/h5-8,10-11,14-15H,1-4,9,12-13H2,(H,34,36). The smallest absolute Gasteiger partial charge is 0.417 e. The molecule has 13 heteroatoms. The van der Waals surface area contributed by atoms with Crippen molar-refractivity contribution < 1.29 is 45.4 Å². The number of benzene rings is 2. The zero-order valence-electron chi connectivity index (χ0n) is 19.7. The van der Waals surface area contributed by atoms with Crippen LogP contribution >= 0.6 is 23.2 Å². The molecule has 1 aliphatic rings. The Morgan fingerprint density at radius 1 is 0.789 bits per heavy atom. The first-order chi connectivity index (χ1) is 17.7. The third kappa shape index (κ3) is 8.69. The molecule has 5 nitrogen and oxygen atoms in total. The Labute approximate surface area is 224 Å². The number of amides is 1. The van der Waals surface area contributed by atoms with Crippen LogP contribution in [0, 0.1) is 5.92 Å². The first-order valence-corrected chi connectivity index (χ1v) is 12.3. The number of rotatable bonds is 9. The van der Waals surface area contributed by atoms with E-state index in [0.29, 0.717) is 25.7 Å². The highest BCUT2D eigenvalue weighted by atomic mass is 35.5. The van der Waals surface area contributed by atoms with Gasteiger partial charge in [-0.2, -0.15) is 26.3 Å². The highest BCUT2D eigenvalue weighted by Crippen LogP contribution is 2.38. The Balaban J connectivity index is 1.38. The third-order valence-corrected chi connectivity index (χ3v) is 6.64. The van der Waals surface area contributed by atoms with Crippen LogP contribution in [0.15, 0.2) is 36.4 Å². The monoisotopic (exact) mass is 585 g/mol. The number of alkyl halides is 6. The van der Waals surface area contributed by atoms with Gasteiger partial charge in [0.05, 0.1) is 21.2 Å². The molecule has 2 aromatic rings. The van der Waals surface area contributed by atoms with E-state index in [2.05, 4.69) is 5.32 Å². The molecule has 3 rings (SSSR count). The second-order valence-corrected chi connectivity index (χ2v) is 9.70. The molecule has 0 unspecified atom stereocenters. The van der Waals surface area contributed by atoms with Gasteiger partial charge in [0.1, 0.15) is 18.1 Å². The van der Waals surface area contributed by atoms with E-state index in [4.69, 9.17) is 32.7 Å². The van der Waals surface area contributed by atoms with Gasteiger partial charge in [-0.25, -0.2) is 0 Å². The molecule has 0 aromatic heterocycles. The second-order valence-electron chi connectivity index (χ2n) is 8.88. The number of nitrogens with one attached hydrogen (secondary N) is 1. The maximum absolute atomic E-state index is 13.0. The van der Waals surface area contributed by atoms with E-state index in [0.717, 1.165) is 24.3 Å². The SMILES string of the molecule is O=C(COc1ccc(Cl)c(C(F)(F)F)c1)CC1CCC(NC(=O)COc2ccc(Cl)c(C(F)(F)F)c2)CC1.